The number of aryl methyl sites for hydroxylation is 1. The lowest BCUT2D eigenvalue weighted by molar-refractivity contribution is -0.385. The lowest BCUT2D eigenvalue weighted by Gasteiger charge is -2.41. The Labute approximate surface area is 194 Å². The van der Waals surface area contributed by atoms with Crippen LogP contribution in [-0.4, -0.2) is 49.3 Å². The third-order valence-corrected chi connectivity index (χ3v) is 7.36. The Morgan fingerprint density at radius 3 is 2.33 bits per heavy atom. The molecule has 1 saturated heterocycles. The molecule has 0 aliphatic carbocycles. The van der Waals surface area contributed by atoms with Crippen molar-refractivity contribution in [1.82, 2.24) is 10.2 Å². The van der Waals surface area contributed by atoms with Crippen LogP contribution in [-0.2, 0) is 10.0 Å². The second-order valence-electron chi connectivity index (χ2n) is 8.93. The SMILES string of the molecule is Cc1ccc(S(=O)(=O)Nc2ccc(C(=O)NCC(C)(C)N3CCCCC3)cc2)cc1[N+](=O)[O-]. The Kier molecular flexibility index (Phi) is 7.38. The summed E-state index contributed by atoms with van der Waals surface area (Å²) < 4.78 is 27.7. The minimum atomic E-state index is -4.02. The second-order valence-corrected chi connectivity index (χ2v) is 10.6. The number of hydrogen-bond acceptors (Lipinski definition) is 6. The first-order chi connectivity index (χ1) is 15.5. The maximum absolute atomic E-state index is 12.7. The molecular formula is C23H30N4O5S. The van der Waals surface area contributed by atoms with Crippen molar-refractivity contribution in [2.45, 2.75) is 50.5 Å². The van der Waals surface area contributed by atoms with Gasteiger partial charge in [0, 0.05) is 35.0 Å². The molecule has 0 radical (unpaired) electrons. The number of anilines is 1. The largest absolute Gasteiger partial charge is 0.350 e. The molecule has 1 aliphatic rings. The van der Waals surface area contributed by atoms with Crippen LogP contribution in [0.1, 0.15) is 49.0 Å². The normalized spacial score (nSPS) is 15.1. The molecule has 0 unspecified atom stereocenters. The highest BCUT2D eigenvalue weighted by molar-refractivity contribution is 7.92. The number of nitrogens with one attached hydrogen (secondary N) is 2. The summed E-state index contributed by atoms with van der Waals surface area (Å²) in [5, 5.41) is 14.1. The van der Waals surface area contributed by atoms with E-state index >= 15 is 0 Å². The van der Waals surface area contributed by atoms with Gasteiger partial charge in [-0.15, -0.1) is 0 Å². The van der Waals surface area contributed by atoms with Crippen molar-refractivity contribution in [2.24, 2.45) is 0 Å². The van der Waals surface area contributed by atoms with Gasteiger partial charge in [0.25, 0.3) is 21.6 Å². The van der Waals surface area contributed by atoms with Gasteiger partial charge >= 0.3 is 0 Å². The van der Waals surface area contributed by atoms with Crippen LogP contribution in [0.4, 0.5) is 11.4 Å². The molecule has 1 aliphatic heterocycles. The average molecular weight is 475 g/mol. The predicted molar refractivity (Wildman–Crippen MR) is 127 cm³/mol. The molecule has 33 heavy (non-hydrogen) atoms. The number of nitro benzene ring substituents is 1. The number of likely N-dealkylation sites (tertiary alicyclic amines) is 1. The van der Waals surface area contributed by atoms with Crippen LogP contribution in [0.2, 0.25) is 0 Å². The van der Waals surface area contributed by atoms with Crippen molar-refractivity contribution >= 4 is 27.3 Å². The number of nitro groups is 1. The maximum Gasteiger partial charge on any atom is 0.273 e. The van der Waals surface area contributed by atoms with E-state index in [1.54, 1.807) is 19.1 Å². The number of rotatable bonds is 8. The number of amides is 1. The quantitative estimate of drug-likeness (QED) is 0.444. The molecular weight excluding hydrogens is 444 g/mol. The molecule has 2 aromatic rings. The Balaban J connectivity index is 1.64. The second kappa shape index (κ2) is 9.88. The van der Waals surface area contributed by atoms with E-state index in [2.05, 4.69) is 28.8 Å². The number of sulfonamides is 1. The molecule has 0 spiro atoms. The van der Waals surface area contributed by atoms with E-state index in [1.807, 2.05) is 0 Å². The molecule has 1 heterocycles. The van der Waals surface area contributed by atoms with E-state index in [1.165, 1.54) is 43.5 Å². The monoisotopic (exact) mass is 474 g/mol. The van der Waals surface area contributed by atoms with E-state index in [9.17, 15) is 23.3 Å². The third-order valence-electron chi connectivity index (χ3n) is 5.98. The van der Waals surface area contributed by atoms with Crippen molar-refractivity contribution < 1.29 is 18.1 Å². The first-order valence-electron chi connectivity index (χ1n) is 10.9. The number of carbonyl (C=O) groups excluding carboxylic acids is 1. The number of piperidine rings is 1. The van der Waals surface area contributed by atoms with Gasteiger partial charge in [0.2, 0.25) is 0 Å². The van der Waals surface area contributed by atoms with Crippen LogP contribution in [0, 0.1) is 17.0 Å². The van der Waals surface area contributed by atoms with Crippen molar-refractivity contribution in [3.63, 3.8) is 0 Å². The van der Waals surface area contributed by atoms with Crippen LogP contribution < -0.4 is 10.0 Å². The fourth-order valence-corrected chi connectivity index (χ4v) is 4.94. The van der Waals surface area contributed by atoms with E-state index < -0.39 is 14.9 Å². The predicted octanol–water partition coefficient (Wildman–Crippen LogP) is 3.70. The smallest absolute Gasteiger partial charge is 0.273 e. The number of benzene rings is 2. The van der Waals surface area contributed by atoms with Crippen molar-refractivity contribution in [3.8, 4) is 0 Å². The average Bonchev–Trinajstić information content (AvgIpc) is 2.78. The summed E-state index contributed by atoms with van der Waals surface area (Å²) in [7, 11) is -4.02. The maximum atomic E-state index is 12.7. The van der Waals surface area contributed by atoms with Crippen LogP contribution in [0.25, 0.3) is 0 Å². The van der Waals surface area contributed by atoms with Gasteiger partial charge in [-0.1, -0.05) is 12.5 Å². The molecule has 178 valence electrons. The van der Waals surface area contributed by atoms with Crippen LogP contribution >= 0.6 is 0 Å². The highest BCUT2D eigenvalue weighted by Gasteiger charge is 2.28. The van der Waals surface area contributed by atoms with E-state index in [4.69, 9.17) is 0 Å². The Bertz CT molecular complexity index is 1120. The summed E-state index contributed by atoms with van der Waals surface area (Å²) in [6.45, 7) is 8.34. The Morgan fingerprint density at radius 1 is 1.09 bits per heavy atom. The van der Waals surface area contributed by atoms with Gasteiger partial charge in [0.15, 0.2) is 0 Å². The van der Waals surface area contributed by atoms with Crippen molar-refractivity contribution in [3.05, 3.63) is 63.7 Å². The molecule has 3 rings (SSSR count). The molecule has 10 heteroatoms. The Hall–Kier alpha value is -2.98. The summed E-state index contributed by atoms with van der Waals surface area (Å²) in [5.74, 6) is -0.233. The molecule has 9 nitrogen and oxygen atoms in total. The summed E-state index contributed by atoms with van der Waals surface area (Å²) in [6.07, 6.45) is 3.59. The van der Waals surface area contributed by atoms with Gasteiger partial charge in [0.05, 0.1) is 9.82 Å². The number of hydrogen-bond donors (Lipinski definition) is 2. The molecule has 0 saturated carbocycles. The fraction of sp³-hybridized carbons (Fsp3) is 0.435. The summed E-state index contributed by atoms with van der Waals surface area (Å²) in [6, 6.07) is 9.80. The molecule has 0 aromatic heterocycles. The van der Waals surface area contributed by atoms with Gasteiger partial charge in [-0.25, -0.2) is 8.42 Å². The minimum absolute atomic E-state index is 0.150. The fourth-order valence-electron chi connectivity index (χ4n) is 3.87. The van der Waals surface area contributed by atoms with Crippen LogP contribution in [0.5, 0.6) is 0 Å². The molecule has 0 bridgehead atoms. The number of carbonyl (C=O) groups is 1. The van der Waals surface area contributed by atoms with Gasteiger partial charge in [-0.2, -0.15) is 0 Å². The molecule has 2 aromatic carbocycles. The summed E-state index contributed by atoms with van der Waals surface area (Å²) in [4.78, 5) is 25.3. The van der Waals surface area contributed by atoms with Gasteiger partial charge in [-0.3, -0.25) is 24.5 Å². The summed E-state index contributed by atoms with van der Waals surface area (Å²) >= 11 is 0. The summed E-state index contributed by atoms with van der Waals surface area (Å²) in [5.41, 5.74) is 0.624. The van der Waals surface area contributed by atoms with Crippen molar-refractivity contribution in [2.75, 3.05) is 24.4 Å². The van der Waals surface area contributed by atoms with E-state index in [-0.39, 0.29) is 27.7 Å². The highest BCUT2D eigenvalue weighted by atomic mass is 32.2. The zero-order chi connectivity index (χ0) is 24.2. The lowest BCUT2D eigenvalue weighted by atomic mass is 9.98. The van der Waals surface area contributed by atoms with Crippen molar-refractivity contribution in [1.29, 1.82) is 0 Å². The third kappa shape index (κ3) is 6.08. The lowest BCUT2D eigenvalue weighted by Crippen LogP contribution is -2.53. The molecule has 0 atom stereocenters. The zero-order valence-corrected chi connectivity index (χ0v) is 19.9. The van der Waals surface area contributed by atoms with Crippen LogP contribution in [0.15, 0.2) is 47.4 Å². The van der Waals surface area contributed by atoms with E-state index in [0.717, 1.165) is 19.2 Å². The minimum Gasteiger partial charge on any atom is -0.350 e. The first kappa shape index (κ1) is 24.7. The topological polar surface area (TPSA) is 122 Å². The molecule has 1 fully saturated rings. The van der Waals surface area contributed by atoms with Gasteiger partial charge in [-0.05, 0) is 77.0 Å². The van der Waals surface area contributed by atoms with Crippen LogP contribution in [0.3, 0.4) is 0 Å². The molecule has 2 N–H and O–H groups in total. The van der Waals surface area contributed by atoms with Gasteiger partial charge in [0.1, 0.15) is 0 Å². The first-order valence-corrected chi connectivity index (χ1v) is 12.4. The van der Waals surface area contributed by atoms with E-state index in [0.29, 0.717) is 17.7 Å². The molecule has 1 amide bonds. The Morgan fingerprint density at radius 2 is 1.73 bits per heavy atom. The standard InChI is InChI=1S/C23H30N4O5S/c1-17-7-12-20(15-21(17)27(29)30)33(31,32)25-19-10-8-18(9-11-19)22(28)24-16-23(2,3)26-13-5-4-6-14-26/h7-12,15,25H,4-6,13-14,16H2,1-3H3,(H,24,28). The van der Waals surface area contributed by atoms with Gasteiger partial charge < -0.3 is 5.32 Å². The number of nitrogens with zero attached hydrogens (tertiary/aromatic N) is 2. The zero-order valence-electron chi connectivity index (χ0n) is 19.1. The highest BCUT2D eigenvalue weighted by Crippen LogP contribution is 2.24.